The second-order valence-corrected chi connectivity index (χ2v) is 8.03. The van der Waals surface area contributed by atoms with Gasteiger partial charge in [0.05, 0.1) is 13.5 Å². The van der Waals surface area contributed by atoms with E-state index in [4.69, 9.17) is 9.15 Å². The molecule has 2 aromatic carbocycles. The molecule has 0 saturated heterocycles. The Hall–Kier alpha value is -3.12. The summed E-state index contributed by atoms with van der Waals surface area (Å²) in [6, 6.07) is 15.8. The summed E-state index contributed by atoms with van der Waals surface area (Å²) in [5.74, 6) is 1.80. The van der Waals surface area contributed by atoms with Crippen molar-refractivity contribution in [2.45, 2.75) is 26.2 Å². The molecule has 0 radical (unpaired) electrons. The van der Waals surface area contributed by atoms with E-state index in [-0.39, 0.29) is 5.91 Å². The van der Waals surface area contributed by atoms with Gasteiger partial charge in [-0.1, -0.05) is 38.1 Å². The SMILES string of the molecule is COc1ccc2cc(-c3csc(NC(=O)Cc4ccc(C(C)C)cc4)n3)oc2c1. The summed E-state index contributed by atoms with van der Waals surface area (Å²) in [4.78, 5) is 16.9. The predicted octanol–water partition coefficient (Wildman–Crippen LogP) is 5.87. The Morgan fingerprint density at radius 3 is 2.69 bits per heavy atom. The molecule has 0 bridgehead atoms. The highest BCUT2D eigenvalue weighted by Crippen LogP contribution is 2.32. The lowest BCUT2D eigenvalue weighted by molar-refractivity contribution is -0.115. The van der Waals surface area contributed by atoms with Crippen molar-refractivity contribution in [3.05, 3.63) is 65.0 Å². The molecule has 6 heteroatoms. The van der Waals surface area contributed by atoms with Gasteiger partial charge < -0.3 is 14.5 Å². The van der Waals surface area contributed by atoms with Crippen molar-refractivity contribution < 1.29 is 13.9 Å². The lowest BCUT2D eigenvalue weighted by Gasteiger charge is -2.06. The van der Waals surface area contributed by atoms with Crippen LogP contribution in [0.5, 0.6) is 5.75 Å². The maximum atomic E-state index is 12.4. The number of furan rings is 1. The molecular weight excluding hydrogens is 384 g/mol. The molecule has 0 spiro atoms. The van der Waals surface area contributed by atoms with Crippen LogP contribution in [0.2, 0.25) is 0 Å². The van der Waals surface area contributed by atoms with E-state index in [0.717, 1.165) is 22.3 Å². The highest BCUT2D eigenvalue weighted by molar-refractivity contribution is 7.14. The van der Waals surface area contributed by atoms with Crippen LogP contribution in [0.3, 0.4) is 0 Å². The number of benzene rings is 2. The first-order valence-corrected chi connectivity index (χ1v) is 10.3. The number of aromatic nitrogens is 1. The van der Waals surface area contributed by atoms with Crippen molar-refractivity contribution in [1.29, 1.82) is 0 Å². The fourth-order valence-corrected chi connectivity index (χ4v) is 3.79. The molecule has 0 aliphatic heterocycles. The van der Waals surface area contributed by atoms with Gasteiger partial charge in [-0.05, 0) is 35.2 Å². The van der Waals surface area contributed by atoms with Gasteiger partial charge in [-0.3, -0.25) is 4.79 Å². The van der Waals surface area contributed by atoms with Gasteiger partial charge in [-0.2, -0.15) is 0 Å². The normalized spacial score (nSPS) is 11.2. The molecule has 2 aromatic heterocycles. The number of fused-ring (bicyclic) bond motifs is 1. The molecule has 148 valence electrons. The van der Waals surface area contributed by atoms with Gasteiger partial charge in [0.15, 0.2) is 10.9 Å². The summed E-state index contributed by atoms with van der Waals surface area (Å²) in [6.45, 7) is 4.31. The van der Waals surface area contributed by atoms with Gasteiger partial charge in [-0.25, -0.2) is 4.98 Å². The highest BCUT2D eigenvalue weighted by atomic mass is 32.1. The summed E-state index contributed by atoms with van der Waals surface area (Å²) < 4.78 is 11.1. The van der Waals surface area contributed by atoms with Gasteiger partial charge in [0.1, 0.15) is 17.0 Å². The van der Waals surface area contributed by atoms with Crippen LogP contribution in [-0.4, -0.2) is 18.0 Å². The minimum atomic E-state index is -0.0856. The molecule has 0 saturated carbocycles. The first-order valence-electron chi connectivity index (χ1n) is 9.44. The van der Waals surface area contributed by atoms with E-state index in [9.17, 15) is 4.79 Å². The van der Waals surface area contributed by atoms with Crippen molar-refractivity contribution in [1.82, 2.24) is 4.98 Å². The second-order valence-electron chi connectivity index (χ2n) is 7.17. The summed E-state index contributed by atoms with van der Waals surface area (Å²) in [5, 5.41) is 6.29. The number of nitrogens with one attached hydrogen (secondary N) is 1. The molecule has 0 aliphatic carbocycles. The van der Waals surface area contributed by atoms with E-state index in [0.29, 0.717) is 28.9 Å². The number of methoxy groups -OCH3 is 1. The third kappa shape index (κ3) is 4.32. The zero-order valence-electron chi connectivity index (χ0n) is 16.6. The first kappa shape index (κ1) is 19.2. The number of amides is 1. The first-order chi connectivity index (χ1) is 14.0. The Morgan fingerprint density at radius 1 is 1.17 bits per heavy atom. The fraction of sp³-hybridized carbons (Fsp3) is 0.217. The third-order valence-electron chi connectivity index (χ3n) is 4.74. The Kier molecular flexibility index (Phi) is 5.36. The van der Waals surface area contributed by atoms with Crippen molar-refractivity contribution in [2.24, 2.45) is 0 Å². The Balaban J connectivity index is 1.44. The molecule has 1 amide bonds. The van der Waals surface area contributed by atoms with E-state index in [1.807, 2.05) is 41.8 Å². The zero-order chi connectivity index (χ0) is 20.4. The molecule has 2 heterocycles. The maximum Gasteiger partial charge on any atom is 0.230 e. The number of rotatable bonds is 6. The average Bonchev–Trinajstić information content (AvgIpc) is 3.34. The molecule has 0 fully saturated rings. The minimum Gasteiger partial charge on any atom is -0.497 e. The van der Waals surface area contributed by atoms with Crippen LogP contribution < -0.4 is 10.1 Å². The van der Waals surface area contributed by atoms with Gasteiger partial charge in [0.25, 0.3) is 0 Å². The summed E-state index contributed by atoms with van der Waals surface area (Å²) >= 11 is 1.38. The van der Waals surface area contributed by atoms with Crippen LogP contribution in [0.1, 0.15) is 30.9 Å². The standard InChI is InChI=1S/C23H22N2O3S/c1-14(2)16-6-4-15(5-7-16)10-22(26)25-23-24-19(13-29-23)21-11-17-8-9-18(27-3)12-20(17)28-21/h4-9,11-14H,10H2,1-3H3,(H,24,25,26). The molecule has 4 rings (SSSR count). The molecule has 0 aliphatic rings. The van der Waals surface area contributed by atoms with Gasteiger partial charge in [0.2, 0.25) is 5.91 Å². The lowest BCUT2D eigenvalue weighted by Crippen LogP contribution is -2.14. The predicted molar refractivity (Wildman–Crippen MR) is 117 cm³/mol. The number of hydrogen-bond donors (Lipinski definition) is 1. The molecule has 0 unspecified atom stereocenters. The van der Waals surface area contributed by atoms with Crippen LogP contribution >= 0.6 is 11.3 Å². The molecule has 1 N–H and O–H groups in total. The number of thiazole rings is 1. The highest BCUT2D eigenvalue weighted by Gasteiger charge is 2.13. The topological polar surface area (TPSA) is 64.4 Å². The molecule has 5 nitrogen and oxygen atoms in total. The van der Waals surface area contributed by atoms with E-state index in [1.54, 1.807) is 7.11 Å². The number of nitrogens with zero attached hydrogens (tertiary/aromatic N) is 1. The smallest absolute Gasteiger partial charge is 0.230 e. The van der Waals surface area contributed by atoms with E-state index in [1.165, 1.54) is 16.9 Å². The van der Waals surface area contributed by atoms with Crippen molar-refractivity contribution in [3.8, 4) is 17.2 Å². The summed E-state index contributed by atoms with van der Waals surface area (Å²) in [5.41, 5.74) is 3.68. The van der Waals surface area contributed by atoms with Gasteiger partial charge in [-0.15, -0.1) is 11.3 Å². The summed E-state index contributed by atoms with van der Waals surface area (Å²) in [6.07, 6.45) is 0.317. The van der Waals surface area contributed by atoms with Gasteiger partial charge >= 0.3 is 0 Å². The average molecular weight is 407 g/mol. The Morgan fingerprint density at radius 2 is 1.97 bits per heavy atom. The van der Waals surface area contributed by atoms with Crippen molar-refractivity contribution >= 4 is 33.3 Å². The number of carbonyl (C=O) groups excluding carboxylic acids is 1. The second kappa shape index (κ2) is 8.09. The largest absolute Gasteiger partial charge is 0.497 e. The van der Waals surface area contributed by atoms with Crippen LogP contribution in [-0.2, 0) is 11.2 Å². The van der Waals surface area contributed by atoms with Crippen LogP contribution in [0.25, 0.3) is 22.4 Å². The zero-order valence-corrected chi connectivity index (χ0v) is 17.4. The number of hydrogen-bond acceptors (Lipinski definition) is 5. The van der Waals surface area contributed by atoms with E-state index < -0.39 is 0 Å². The van der Waals surface area contributed by atoms with Crippen molar-refractivity contribution in [3.63, 3.8) is 0 Å². The lowest BCUT2D eigenvalue weighted by atomic mass is 10.0. The monoisotopic (exact) mass is 406 g/mol. The minimum absolute atomic E-state index is 0.0856. The fourth-order valence-electron chi connectivity index (χ4n) is 3.08. The van der Waals surface area contributed by atoms with Crippen LogP contribution in [0.4, 0.5) is 5.13 Å². The summed E-state index contributed by atoms with van der Waals surface area (Å²) in [7, 11) is 1.62. The van der Waals surface area contributed by atoms with Crippen LogP contribution in [0.15, 0.2) is 58.3 Å². The number of ether oxygens (including phenoxy) is 1. The van der Waals surface area contributed by atoms with E-state index in [2.05, 4.69) is 36.3 Å². The Labute approximate surface area is 173 Å². The maximum absolute atomic E-state index is 12.4. The molecule has 29 heavy (non-hydrogen) atoms. The third-order valence-corrected chi connectivity index (χ3v) is 5.50. The van der Waals surface area contributed by atoms with Crippen LogP contribution in [0, 0.1) is 0 Å². The number of anilines is 1. The van der Waals surface area contributed by atoms with E-state index >= 15 is 0 Å². The quantitative estimate of drug-likeness (QED) is 0.435. The van der Waals surface area contributed by atoms with Gasteiger partial charge in [0, 0.05) is 16.8 Å². The Bertz CT molecular complexity index is 1140. The number of carbonyl (C=O) groups is 1. The van der Waals surface area contributed by atoms with Crippen molar-refractivity contribution in [2.75, 3.05) is 12.4 Å². The molecule has 4 aromatic rings. The molecular formula is C23H22N2O3S. The molecule has 0 atom stereocenters.